The molecule has 1 saturated heterocycles. The first-order valence-electron chi connectivity index (χ1n) is 12.0. The van der Waals surface area contributed by atoms with Crippen LogP contribution in [0.3, 0.4) is 0 Å². The number of carbonyl (C=O) groups excluding carboxylic acids is 3. The lowest BCUT2D eigenvalue weighted by molar-refractivity contribution is -0.116. The van der Waals surface area contributed by atoms with Crippen LogP contribution < -0.4 is 21.3 Å². The fourth-order valence-corrected chi connectivity index (χ4v) is 3.71. The van der Waals surface area contributed by atoms with Crippen LogP contribution in [-0.2, 0) is 14.3 Å². The van der Waals surface area contributed by atoms with Crippen LogP contribution in [0.25, 0.3) is 0 Å². The van der Waals surface area contributed by atoms with E-state index in [1.165, 1.54) is 0 Å². The maximum atomic E-state index is 12.4. The smallest absolute Gasteiger partial charge is 0.251 e. The molecule has 1 aliphatic rings. The number of ether oxygens (including phenoxy) is 1. The van der Waals surface area contributed by atoms with Crippen LogP contribution in [-0.4, -0.2) is 43.5 Å². The molecule has 0 radical (unpaired) electrons. The molecule has 0 aliphatic carbocycles. The van der Waals surface area contributed by atoms with Crippen molar-refractivity contribution in [3.63, 3.8) is 0 Å². The second-order valence-corrected chi connectivity index (χ2v) is 8.41. The minimum atomic E-state index is -0.245. The zero-order valence-corrected chi connectivity index (χ0v) is 19.7. The molecule has 182 valence electrons. The molecule has 1 fully saturated rings. The zero-order chi connectivity index (χ0) is 24.2. The van der Waals surface area contributed by atoms with Crippen molar-refractivity contribution in [3.8, 4) is 0 Å². The minimum absolute atomic E-state index is 0.0111. The normalized spacial score (nSPS) is 14.9. The summed E-state index contributed by atoms with van der Waals surface area (Å²) >= 11 is 0. The lowest BCUT2D eigenvalue weighted by atomic mass is 10.1. The molecule has 0 spiro atoms. The summed E-state index contributed by atoms with van der Waals surface area (Å²) in [5.74, 6) is -0.452. The van der Waals surface area contributed by atoms with Gasteiger partial charge in [-0.2, -0.15) is 0 Å². The molecule has 8 heteroatoms. The van der Waals surface area contributed by atoms with E-state index in [1.807, 2.05) is 18.2 Å². The summed E-state index contributed by atoms with van der Waals surface area (Å²) in [7, 11) is 0. The van der Waals surface area contributed by atoms with E-state index in [0.29, 0.717) is 29.9 Å². The number of carbonyl (C=O) groups is 3. The highest BCUT2D eigenvalue weighted by atomic mass is 16.5. The molecule has 0 saturated carbocycles. The molecular weight excluding hydrogens is 432 g/mol. The summed E-state index contributed by atoms with van der Waals surface area (Å²) in [5, 5.41) is 11.6. The molecule has 0 bridgehead atoms. The number of benzene rings is 2. The van der Waals surface area contributed by atoms with Crippen molar-refractivity contribution in [2.24, 2.45) is 0 Å². The van der Waals surface area contributed by atoms with Crippen molar-refractivity contribution in [1.29, 1.82) is 0 Å². The summed E-state index contributed by atoms with van der Waals surface area (Å²) < 4.78 is 5.53. The molecule has 0 aromatic heterocycles. The number of nitrogens with one attached hydrogen (secondary N) is 4. The Morgan fingerprint density at radius 3 is 2.44 bits per heavy atom. The number of hydrogen-bond acceptors (Lipinski definition) is 5. The summed E-state index contributed by atoms with van der Waals surface area (Å²) in [6, 6.07) is 14.1. The molecule has 3 rings (SSSR count). The van der Waals surface area contributed by atoms with E-state index in [0.717, 1.165) is 44.4 Å². The largest absolute Gasteiger partial charge is 0.376 e. The zero-order valence-electron chi connectivity index (χ0n) is 19.7. The van der Waals surface area contributed by atoms with Gasteiger partial charge in [0.15, 0.2) is 0 Å². The average molecular weight is 467 g/mol. The van der Waals surface area contributed by atoms with Gasteiger partial charge >= 0.3 is 0 Å². The van der Waals surface area contributed by atoms with Crippen LogP contribution in [0.5, 0.6) is 0 Å². The Kier molecular flexibility index (Phi) is 9.91. The van der Waals surface area contributed by atoms with Gasteiger partial charge in [0.2, 0.25) is 11.8 Å². The summed E-state index contributed by atoms with van der Waals surface area (Å²) in [6.07, 6.45) is 5.53. The molecule has 2 aromatic rings. The lowest BCUT2D eigenvalue weighted by Crippen LogP contribution is -2.31. The Morgan fingerprint density at radius 1 is 0.941 bits per heavy atom. The monoisotopic (exact) mass is 466 g/mol. The van der Waals surface area contributed by atoms with E-state index in [2.05, 4.69) is 28.2 Å². The van der Waals surface area contributed by atoms with E-state index in [-0.39, 0.29) is 30.4 Å². The molecule has 1 atom stereocenters. The van der Waals surface area contributed by atoms with Crippen LogP contribution in [0.4, 0.5) is 17.1 Å². The van der Waals surface area contributed by atoms with Crippen LogP contribution in [0, 0.1) is 0 Å². The van der Waals surface area contributed by atoms with Gasteiger partial charge in [-0.3, -0.25) is 14.4 Å². The number of amides is 3. The van der Waals surface area contributed by atoms with Gasteiger partial charge in [-0.1, -0.05) is 31.9 Å². The predicted molar refractivity (Wildman–Crippen MR) is 134 cm³/mol. The van der Waals surface area contributed by atoms with Crippen molar-refractivity contribution >= 4 is 34.8 Å². The molecular formula is C26H34N4O4. The standard InChI is InChI=1S/C26H34N4O4/c1-2-3-4-13-24(31)29-22-11-6-9-20(16-22)27-18-25(32)30-21-10-5-8-19(15-21)26(33)28-17-23-12-7-14-34-23/h5-6,8-11,15-16,23,27H,2-4,7,12-14,17-18H2,1H3,(H,28,33)(H,29,31)(H,30,32). The van der Waals surface area contributed by atoms with E-state index in [1.54, 1.807) is 30.3 Å². The molecule has 34 heavy (non-hydrogen) atoms. The molecule has 8 nitrogen and oxygen atoms in total. The summed E-state index contributed by atoms with van der Waals surface area (Å²) in [4.78, 5) is 36.8. The van der Waals surface area contributed by atoms with Crippen LogP contribution in [0.1, 0.15) is 55.8 Å². The van der Waals surface area contributed by atoms with Crippen LogP contribution in [0.2, 0.25) is 0 Å². The van der Waals surface area contributed by atoms with Crippen molar-refractivity contribution in [2.45, 2.75) is 51.6 Å². The van der Waals surface area contributed by atoms with Gasteiger partial charge in [0, 0.05) is 42.2 Å². The van der Waals surface area contributed by atoms with Crippen molar-refractivity contribution in [1.82, 2.24) is 5.32 Å². The highest BCUT2D eigenvalue weighted by molar-refractivity contribution is 5.98. The second kappa shape index (κ2) is 13.3. The molecule has 1 aliphatic heterocycles. The third-order valence-electron chi connectivity index (χ3n) is 5.53. The van der Waals surface area contributed by atoms with Gasteiger partial charge < -0.3 is 26.0 Å². The highest BCUT2D eigenvalue weighted by Gasteiger charge is 2.17. The third-order valence-corrected chi connectivity index (χ3v) is 5.53. The topological polar surface area (TPSA) is 109 Å². The summed E-state index contributed by atoms with van der Waals surface area (Å²) in [5.41, 5.74) is 2.44. The van der Waals surface area contributed by atoms with E-state index in [4.69, 9.17) is 4.74 Å². The van der Waals surface area contributed by atoms with Crippen molar-refractivity contribution in [3.05, 3.63) is 54.1 Å². The Labute approximate surface area is 200 Å². The average Bonchev–Trinajstić information content (AvgIpc) is 3.36. The Bertz CT molecular complexity index is 973. The Balaban J connectivity index is 1.45. The first-order chi connectivity index (χ1) is 16.5. The molecule has 2 aromatic carbocycles. The minimum Gasteiger partial charge on any atom is -0.376 e. The third kappa shape index (κ3) is 8.51. The number of rotatable bonds is 12. The number of unbranched alkanes of at least 4 members (excludes halogenated alkanes) is 2. The van der Waals surface area contributed by atoms with Gasteiger partial charge in [0.1, 0.15) is 0 Å². The quantitative estimate of drug-likeness (QED) is 0.351. The first kappa shape index (κ1) is 25.2. The van der Waals surface area contributed by atoms with Gasteiger partial charge in [-0.15, -0.1) is 0 Å². The molecule has 3 amide bonds. The SMILES string of the molecule is CCCCCC(=O)Nc1cccc(NCC(=O)Nc2cccc(C(=O)NCC3CCCO3)c2)c1. The van der Waals surface area contributed by atoms with Gasteiger partial charge in [0.05, 0.1) is 12.6 Å². The van der Waals surface area contributed by atoms with Crippen LogP contribution in [0.15, 0.2) is 48.5 Å². The van der Waals surface area contributed by atoms with Gasteiger partial charge in [-0.25, -0.2) is 0 Å². The van der Waals surface area contributed by atoms with Gasteiger partial charge in [-0.05, 0) is 55.7 Å². The van der Waals surface area contributed by atoms with E-state index >= 15 is 0 Å². The Hall–Kier alpha value is -3.39. The lowest BCUT2D eigenvalue weighted by Gasteiger charge is -2.12. The van der Waals surface area contributed by atoms with E-state index < -0.39 is 0 Å². The number of hydrogen-bond donors (Lipinski definition) is 4. The Morgan fingerprint density at radius 2 is 1.68 bits per heavy atom. The molecule has 4 N–H and O–H groups in total. The van der Waals surface area contributed by atoms with Crippen LogP contribution >= 0.6 is 0 Å². The van der Waals surface area contributed by atoms with E-state index in [9.17, 15) is 14.4 Å². The molecule has 1 unspecified atom stereocenters. The highest BCUT2D eigenvalue weighted by Crippen LogP contribution is 2.16. The number of anilines is 3. The maximum absolute atomic E-state index is 12.4. The fraction of sp³-hybridized carbons (Fsp3) is 0.423. The first-order valence-corrected chi connectivity index (χ1v) is 12.0. The maximum Gasteiger partial charge on any atom is 0.251 e. The fourth-order valence-electron chi connectivity index (χ4n) is 3.71. The van der Waals surface area contributed by atoms with Crippen molar-refractivity contribution < 1.29 is 19.1 Å². The predicted octanol–water partition coefficient (Wildman–Crippen LogP) is 4.16. The molecule has 1 heterocycles. The van der Waals surface area contributed by atoms with Gasteiger partial charge in [0.25, 0.3) is 5.91 Å². The van der Waals surface area contributed by atoms with Crippen molar-refractivity contribution in [2.75, 3.05) is 35.6 Å². The summed E-state index contributed by atoms with van der Waals surface area (Å²) in [6.45, 7) is 3.37. The second-order valence-electron chi connectivity index (χ2n) is 8.41.